The minimum Gasteiger partial charge on any atom is -0.437 e. The number of rotatable bonds is 3. The molecule has 21 heavy (non-hydrogen) atoms. The summed E-state index contributed by atoms with van der Waals surface area (Å²) in [5, 5.41) is 4.06. The van der Waals surface area contributed by atoms with Gasteiger partial charge in [-0.25, -0.2) is 4.98 Å². The van der Waals surface area contributed by atoms with E-state index in [1.165, 1.54) is 6.20 Å². The molecule has 110 valence electrons. The number of hydrogen-bond donors (Lipinski definition) is 1. The third-order valence-corrected chi connectivity index (χ3v) is 3.32. The molecule has 5 nitrogen and oxygen atoms in total. The van der Waals surface area contributed by atoms with Crippen LogP contribution in [0.15, 0.2) is 30.5 Å². The van der Waals surface area contributed by atoms with Crippen LogP contribution in [-0.4, -0.2) is 34.1 Å². The van der Waals surface area contributed by atoms with Crippen LogP contribution >= 0.6 is 35.4 Å². The lowest BCUT2D eigenvalue weighted by Gasteiger charge is -2.15. The number of hydrogen-bond acceptors (Lipinski definition) is 4. The van der Waals surface area contributed by atoms with Gasteiger partial charge >= 0.3 is 0 Å². The summed E-state index contributed by atoms with van der Waals surface area (Å²) in [5.41, 5.74) is 0.855. The van der Waals surface area contributed by atoms with Crippen molar-refractivity contribution in [3.63, 3.8) is 0 Å². The molecule has 0 radical (unpaired) electrons. The van der Waals surface area contributed by atoms with Crippen LogP contribution in [0, 0.1) is 0 Å². The summed E-state index contributed by atoms with van der Waals surface area (Å²) in [6.45, 7) is 0. The average molecular weight is 343 g/mol. The Labute approximate surface area is 137 Å². The lowest BCUT2D eigenvalue weighted by Crippen LogP contribution is -2.26. The maximum absolute atomic E-state index is 5.94. The highest BCUT2D eigenvalue weighted by Gasteiger charge is 2.07. The predicted octanol–water partition coefficient (Wildman–Crippen LogP) is 3.83. The van der Waals surface area contributed by atoms with Gasteiger partial charge in [-0.15, -0.1) is 0 Å². The quantitative estimate of drug-likeness (QED) is 0.675. The molecule has 0 aliphatic heterocycles. The number of nitrogens with one attached hydrogen (secondary N) is 1. The first-order valence-electron chi connectivity index (χ1n) is 5.90. The monoisotopic (exact) mass is 342 g/mol. The predicted molar refractivity (Wildman–Crippen MR) is 88.5 cm³/mol. The summed E-state index contributed by atoms with van der Waals surface area (Å²) in [6, 6.07) is 7.21. The van der Waals surface area contributed by atoms with Gasteiger partial charge in [-0.05, 0) is 48.1 Å². The Bertz CT molecular complexity index is 649. The lowest BCUT2D eigenvalue weighted by atomic mass is 10.3. The molecular weight excluding hydrogens is 331 g/mol. The number of anilines is 1. The van der Waals surface area contributed by atoms with E-state index in [2.05, 4.69) is 15.3 Å². The highest BCUT2D eigenvalue weighted by atomic mass is 35.5. The van der Waals surface area contributed by atoms with Crippen LogP contribution in [-0.2, 0) is 0 Å². The molecule has 0 saturated heterocycles. The number of nitrogens with zero attached hydrogens (tertiary/aromatic N) is 3. The Morgan fingerprint density at radius 3 is 2.52 bits per heavy atom. The second kappa shape index (κ2) is 6.89. The van der Waals surface area contributed by atoms with Crippen molar-refractivity contribution in [3.05, 3.63) is 40.8 Å². The highest BCUT2D eigenvalue weighted by Crippen LogP contribution is 2.28. The van der Waals surface area contributed by atoms with Crippen molar-refractivity contribution in [3.8, 4) is 11.6 Å². The van der Waals surface area contributed by atoms with Crippen molar-refractivity contribution in [2.45, 2.75) is 0 Å². The van der Waals surface area contributed by atoms with Crippen LogP contribution in [0.25, 0.3) is 0 Å². The van der Waals surface area contributed by atoms with E-state index in [-0.39, 0.29) is 16.2 Å². The molecule has 1 aromatic heterocycles. The first-order chi connectivity index (χ1) is 9.95. The fourth-order valence-electron chi connectivity index (χ4n) is 1.36. The van der Waals surface area contributed by atoms with Gasteiger partial charge in [0, 0.05) is 19.8 Å². The third-order valence-electron chi connectivity index (χ3n) is 2.41. The minimum absolute atomic E-state index is 0.0732. The summed E-state index contributed by atoms with van der Waals surface area (Å²) >= 11 is 16.8. The number of ether oxygens (including phenoxy) is 1. The molecule has 2 rings (SSSR count). The molecule has 1 aromatic carbocycles. The summed E-state index contributed by atoms with van der Waals surface area (Å²) in [5.74, 6) is 0.786. The molecule has 0 unspecified atom stereocenters. The third kappa shape index (κ3) is 4.42. The molecule has 2 aromatic rings. The molecule has 0 fully saturated rings. The molecule has 1 N–H and O–H groups in total. The number of halogens is 2. The van der Waals surface area contributed by atoms with Crippen LogP contribution in [0.4, 0.5) is 5.69 Å². The zero-order valence-electron chi connectivity index (χ0n) is 11.3. The first kappa shape index (κ1) is 15.8. The zero-order chi connectivity index (χ0) is 15.4. The first-order valence-corrected chi connectivity index (χ1v) is 7.06. The van der Waals surface area contributed by atoms with Crippen molar-refractivity contribution >= 4 is 46.2 Å². The maximum atomic E-state index is 5.94. The maximum Gasteiger partial charge on any atom is 0.242 e. The zero-order valence-corrected chi connectivity index (χ0v) is 13.6. The number of aromatic nitrogens is 2. The van der Waals surface area contributed by atoms with Crippen molar-refractivity contribution in [2.24, 2.45) is 0 Å². The van der Waals surface area contributed by atoms with E-state index in [0.717, 1.165) is 5.69 Å². The largest absolute Gasteiger partial charge is 0.437 e. The highest BCUT2D eigenvalue weighted by molar-refractivity contribution is 7.80. The van der Waals surface area contributed by atoms with E-state index in [1.807, 2.05) is 31.1 Å². The van der Waals surface area contributed by atoms with E-state index in [0.29, 0.717) is 10.9 Å². The molecule has 0 spiro atoms. The van der Waals surface area contributed by atoms with Crippen LogP contribution in [0.1, 0.15) is 0 Å². The molecule has 0 aliphatic carbocycles. The van der Waals surface area contributed by atoms with E-state index in [4.69, 9.17) is 40.2 Å². The Balaban J connectivity index is 2.09. The van der Waals surface area contributed by atoms with Crippen LogP contribution in [0.5, 0.6) is 11.6 Å². The van der Waals surface area contributed by atoms with Gasteiger partial charge in [0.2, 0.25) is 11.2 Å². The van der Waals surface area contributed by atoms with Crippen LogP contribution < -0.4 is 10.1 Å². The fourth-order valence-corrected chi connectivity index (χ4v) is 1.73. The van der Waals surface area contributed by atoms with Crippen molar-refractivity contribution in [1.29, 1.82) is 0 Å². The van der Waals surface area contributed by atoms with Gasteiger partial charge < -0.3 is 15.0 Å². The van der Waals surface area contributed by atoms with Gasteiger partial charge in [-0.1, -0.05) is 11.6 Å². The normalized spacial score (nSPS) is 10.1. The molecule has 1 heterocycles. The van der Waals surface area contributed by atoms with E-state index < -0.39 is 0 Å². The fraction of sp³-hybridized carbons (Fsp3) is 0.154. The van der Waals surface area contributed by atoms with Gasteiger partial charge in [0.1, 0.15) is 10.8 Å². The summed E-state index contributed by atoms with van der Waals surface area (Å²) in [4.78, 5) is 9.48. The molecule has 0 amide bonds. The van der Waals surface area contributed by atoms with E-state index in [9.17, 15) is 0 Å². The van der Waals surface area contributed by atoms with E-state index in [1.54, 1.807) is 12.1 Å². The summed E-state index contributed by atoms with van der Waals surface area (Å²) < 4.78 is 5.56. The smallest absolute Gasteiger partial charge is 0.242 e. The van der Waals surface area contributed by atoms with Gasteiger partial charge in [0.05, 0.1) is 6.20 Å². The molecule has 0 atom stereocenters. The Morgan fingerprint density at radius 2 is 1.90 bits per heavy atom. The average Bonchev–Trinajstić information content (AvgIpc) is 2.45. The summed E-state index contributed by atoms with van der Waals surface area (Å²) in [6.07, 6.45) is 1.39. The second-order valence-corrected chi connectivity index (χ2v) is 5.38. The standard InChI is InChI=1S/C13H12Cl2N4OS/c1-19(2)13(21)17-8-3-5-9(6-4-8)20-11-10(14)7-16-12(15)18-11/h3-7H,1-2H3,(H,17,21). The number of benzene rings is 1. The second-order valence-electron chi connectivity index (χ2n) is 4.24. The number of thiocarbonyl (C=S) groups is 1. The van der Waals surface area contributed by atoms with Crippen molar-refractivity contribution in [1.82, 2.24) is 14.9 Å². The van der Waals surface area contributed by atoms with Crippen LogP contribution in [0.2, 0.25) is 10.3 Å². The van der Waals surface area contributed by atoms with Crippen LogP contribution in [0.3, 0.4) is 0 Å². The SMILES string of the molecule is CN(C)C(=S)Nc1ccc(Oc2nc(Cl)ncc2Cl)cc1. The van der Waals surface area contributed by atoms with Gasteiger partial charge in [-0.2, -0.15) is 4.98 Å². The lowest BCUT2D eigenvalue weighted by molar-refractivity contribution is 0.462. The Kier molecular flexibility index (Phi) is 5.17. The van der Waals surface area contributed by atoms with Gasteiger partial charge in [0.15, 0.2) is 5.11 Å². The molecular formula is C13H12Cl2N4OS. The molecule has 0 aliphatic rings. The Morgan fingerprint density at radius 1 is 1.24 bits per heavy atom. The topological polar surface area (TPSA) is 50.3 Å². The van der Waals surface area contributed by atoms with Gasteiger partial charge in [-0.3, -0.25) is 0 Å². The molecule has 8 heteroatoms. The Hall–Kier alpha value is -1.63. The van der Waals surface area contributed by atoms with Gasteiger partial charge in [0.25, 0.3) is 0 Å². The van der Waals surface area contributed by atoms with Crippen molar-refractivity contribution in [2.75, 3.05) is 19.4 Å². The minimum atomic E-state index is 0.0732. The van der Waals surface area contributed by atoms with Crippen molar-refractivity contribution < 1.29 is 4.74 Å². The molecule has 0 saturated carbocycles. The molecule has 0 bridgehead atoms. The van der Waals surface area contributed by atoms with E-state index >= 15 is 0 Å². The summed E-state index contributed by atoms with van der Waals surface area (Å²) in [7, 11) is 3.74.